The quantitative estimate of drug-likeness (QED) is 0.670. The van der Waals surface area contributed by atoms with E-state index in [1.165, 1.54) is 24.3 Å². The van der Waals surface area contributed by atoms with Gasteiger partial charge < -0.3 is 19.7 Å². The Morgan fingerprint density at radius 2 is 1.78 bits per heavy atom. The van der Waals surface area contributed by atoms with Gasteiger partial charge in [0.2, 0.25) is 5.91 Å². The van der Waals surface area contributed by atoms with Crippen molar-refractivity contribution in [1.82, 2.24) is 15.1 Å². The molecule has 2 aromatic carbocycles. The minimum Gasteiger partial charge on any atom is -0.376 e. The summed E-state index contributed by atoms with van der Waals surface area (Å²) < 4.78 is 25.2. The number of benzene rings is 2. The predicted molar refractivity (Wildman–Crippen MR) is 133 cm³/mol. The summed E-state index contributed by atoms with van der Waals surface area (Å²) in [7, 11) is 0. The van der Waals surface area contributed by atoms with Crippen LogP contribution in [0.3, 0.4) is 0 Å². The Labute approximate surface area is 215 Å². The lowest BCUT2D eigenvalue weighted by Gasteiger charge is -2.44. The van der Waals surface area contributed by atoms with Crippen molar-refractivity contribution in [1.29, 1.82) is 0 Å². The molecule has 196 valence electrons. The van der Waals surface area contributed by atoms with Crippen LogP contribution in [-0.4, -0.2) is 78.2 Å². The number of amides is 3. The first-order valence-electron chi connectivity index (χ1n) is 12.9. The molecular formula is C28H32FN3O5. The van der Waals surface area contributed by atoms with E-state index in [9.17, 15) is 18.8 Å². The summed E-state index contributed by atoms with van der Waals surface area (Å²) in [5, 5.41) is 2.96. The fourth-order valence-electron chi connectivity index (χ4n) is 5.48. The molecule has 3 saturated heterocycles. The molecule has 3 aliphatic heterocycles. The van der Waals surface area contributed by atoms with E-state index in [0.29, 0.717) is 50.2 Å². The van der Waals surface area contributed by atoms with E-state index in [-0.39, 0.29) is 30.4 Å². The third-order valence-electron chi connectivity index (χ3n) is 7.61. The Balaban J connectivity index is 1.35. The van der Waals surface area contributed by atoms with Crippen molar-refractivity contribution in [3.63, 3.8) is 0 Å². The van der Waals surface area contributed by atoms with E-state index in [0.717, 1.165) is 18.4 Å². The summed E-state index contributed by atoms with van der Waals surface area (Å²) >= 11 is 0. The van der Waals surface area contributed by atoms with Crippen LogP contribution in [0.1, 0.15) is 52.0 Å². The molecule has 0 saturated carbocycles. The zero-order valence-corrected chi connectivity index (χ0v) is 21.0. The Bertz CT molecular complexity index is 1160. The lowest BCUT2D eigenvalue weighted by atomic mass is 9.95. The van der Waals surface area contributed by atoms with Gasteiger partial charge in [-0.15, -0.1) is 0 Å². The molecule has 0 aliphatic carbocycles. The first-order chi connectivity index (χ1) is 17.9. The highest BCUT2D eigenvalue weighted by molar-refractivity contribution is 5.99. The van der Waals surface area contributed by atoms with Crippen LogP contribution in [0.4, 0.5) is 4.39 Å². The number of likely N-dealkylation sites (tertiary alicyclic amines) is 1. The second-order valence-electron chi connectivity index (χ2n) is 9.94. The molecule has 9 heteroatoms. The first-order valence-corrected chi connectivity index (χ1v) is 12.9. The van der Waals surface area contributed by atoms with Crippen LogP contribution >= 0.6 is 0 Å². The number of hydrogen-bond donors (Lipinski definition) is 1. The van der Waals surface area contributed by atoms with Crippen LogP contribution in [-0.2, 0) is 14.3 Å². The van der Waals surface area contributed by atoms with Crippen LogP contribution in [0, 0.1) is 12.7 Å². The van der Waals surface area contributed by atoms with Gasteiger partial charge in [-0.3, -0.25) is 19.3 Å². The van der Waals surface area contributed by atoms with Gasteiger partial charge in [-0.25, -0.2) is 4.39 Å². The number of halogens is 1. The van der Waals surface area contributed by atoms with Crippen LogP contribution < -0.4 is 5.32 Å². The van der Waals surface area contributed by atoms with Gasteiger partial charge in [0.1, 0.15) is 17.6 Å². The van der Waals surface area contributed by atoms with Gasteiger partial charge >= 0.3 is 0 Å². The molecule has 1 spiro atoms. The van der Waals surface area contributed by atoms with Crippen LogP contribution in [0.2, 0.25) is 0 Å². The number of ether oxygens (including phenoxy) is 2. The van der Waals surface area contributed by atoms with Gasteiger partial charge in [-0.05, 0) is 55.7 Å². The first kappa shape index (κ1) is 25.4. The Morgan fingerprint density at radius 3 is 2.46 bits per heavy atom. The average Bonchev–Trinajstić information content (AvgIpc) is 3.56. The molecule has 3 heterocycles. The van der Waals surface area contributed by atoms with Gasteiger partial charge in [0.05, 0.1) is 12.7 Å². The second kappa shape index (κ2) is 10.6. The van der Waals surface area contributed by atoms with E-state index < -0.39 is 17.6 Å². The number of nitrogens with one attached hydrogen (secondary N) is 1. The van der Waals surface area contributed by atoms with Crippen molar-refractivity contribution in [2.45, 2.75) is 50.5 Å². The topological polar surface area (TPSA) is 88.2 Å². The van der Waals surface area contributed by atoms with Crippen molar-refractivity contribution in [3.8, 4) is 0 Å². The summed E-state index contributed by atoms with van der Waals surface area (Å²) in [6, 6.07) is 12.0. The largest absolute Gasteiger partial charge is 0.376 e. The Morgan fingerprint density at radius 1 is 1.05 bits per heavy atom. The van der Waals surface area contributed by atoms with Crippen LogP contribution in [0.5, 0.6) is 0 Å². The van der Waals surface area contributed by atoms with Crippen LogP contribution in [0.25, 0.3) is 0 Å². The zero-order chi connectivity index (χ0) is 26.0. The monoisotopic (exact) mass is 509 g/mol. The number of carbonyl (C=O) groups excluding carboxylic acids is 3. The average molecular weight is 510 g/mol. The summed E-state index contributed by atoms with van der Waals surface area (Å²) in [6.45, 7) is 3.74. The molecule has 0 unspecified atom stereocenters. The zero-order valence-electron chi connectivity index (χ0n) is 21.0. The van der Waals surface area contributed by atoms with Gasteiger partial charge in [0.15, 0.2) is 0 Å². The Kier molecular flexibility index (Phi) is 7.26. The Hall–Kier alpha value is -3.30. The summed E-state index contributed by atoms with van der Waals surface area (Å²) in [5.41, 5.74) is 0.750. The molecule has 3 fully saturated rings. The molecule has 3 aliphatic rings. The predicted octanol–water partition coefficient (Wildman–Crippen LogP) is 2.90. The van der Waals surface area contributed by atoms with E-state index >= 15 is 0 Å². The fourth-order valence-corrected chi connectivity index (χ4v) is 5.48. The molecule has 2 aromatic rings. The maximum absolute atomic E-state index is 13.9. The number of rotatable bonds is 5. The third kappa shape index (κ3) is 5.10. The highest BCUT2D eigenvalue weighted by Gasteiger charge is 2.54. The number of hydrogen-bond acceptors (Lipinski definition) is 5. The summed E-state index contributed by atoms with van der Waals surface area (Å²) in [4.78, 5) is 43.5. The molecular weight excluding hydrogens is 477 g/mol. The highest BCUT2D eigenvalue weighted by atomic mass is 19.1. The fraction of sp³-hybridized carbons (Fsp3) is 0.464. The molecule has 3 amide bonds. The van der Waals surface area contributed by atoms with Crippen molar-refractivity contribution >= 4 is 17.7 Å². The van der Waals surface area contributed by atoms with Crippen LogP contribution in [0.15, 0.2) is 48.5 Å². The maximum atomic E-state index is 13.9. The second-order valence-corrected chi connectivity index (χ2v) is 9.94. The molecule has 0 bridgehead atoms. The summed E-state index contributed by atoms with van der Waals surface area (Å²) in [6.07, 6.45) is 2.60. The lowest BCUT2D eigenvalue weighted by Crippen LogP contribution is -2.60. The normalized spacial score (nSPS) is 22.9. The minimum absolute atomic E-state index is 0.0125. The maximum Gasteiger partial charge on any atom is 0.257 e. The van der Waals surface area contributed by atoms with E-state index in [4.69, 9.17) is 9.47 Å². The van der Waals surface area contributed by atoms with Gasteiger partial charge in [-0.2, -0.15) is 0 Å². The van der Waals surface area contributed by atoms with Gasteiger partial charge in [0.25, 0.3) is 11.8 Å². The highest BCUT2D eigenvalue weighted by Crippen LogP contribution is 2.39. The third-order valence-corrected chi connectivity index (χ3v) is 7.61. The molecule has 1 N–H and O–H groups in total. The minimum atomic E-state index is -0.995. The molecule has 0 radical (unpaired) electrons. The van der Waals surface area contributed by atoms with Crippen molar-refractivity contribution in [3.05, 3.63) is 71.0 Å². The van der Waals surface area contributed by atoms with Gasteiger partial charge in [-0.1, -0.05) is 18.2 Å². The van der Waals surface area contributed by atoms with Gasteiger partial charge in [0, 0.05) is 50.2 Å². The van der Waals surface area contributed by atoms with Crippen molar-refractivity contribution < 1.29 is 28.2 Å². The summed E-state index contributed by atoms with van der Waals surface area (Å²) in [5.74, 6) is -1.12. The van der Waals surface area contributed by atoms with Crippen molar-refractivity contribution in [2.24, 2.45) is 0 Å². The number of aryl methyl sites for hydroxylation is 1. The molecule has 8 nitrogen and oxygen atoms in total. The SMILES string of the molecule is Cc1ccccc1C(=O)N1[C@@H](C(=O)NC[C@H]2CCCO2)COC12CCN(C(=O)c1ccc(F)cc1)CC2. The number of piperidine rings is 1. The lowest BCUT2D eigenvalue weighted by molar-refractivity contribution is -0.128. The molecule has 0 aromatic heterocycles. The molecule has 5 rings (SSSR count). The van der Waals surface area contributed by atoms with E-state index in [1.54, 1.807) is 21.9 Å². The standard InChI is InChI=1S/C28H32FN3O5/c1-19-5-2-3-7-23(19)27(35)32-24(25(33)30-17-22-6-4-16-36-22)18-37-28(32)12-14-31(15-13-28)26(34)20-8-10-21(29)11-9-20/h2-3,5,7-11,22,24H,4,6,12-18H2,1H3,(H,30,33)/t22-,24-/m1/s1. The molecule has 2 atom stereocenters. The smallest absolute Gasteiger partial charge is 0.257 e. The molecule has 37 heavy (non-hydrogen) atoms. The van der Waals surface area contributed by atoms with E-state index in [1.807, 2.05) is 19.1 Å². The number of carbonyl (C=O) groups is 3. The van der Waals surface area contributed by atoms with Crippen molar-refractivity contribution in [2.75, 3.05) is 32.8 Å². The van der Waals surface area contributed by atoms with E-state index in [2.05, 4.69) is 5.32 Å². The number of nitrogens with zero attached hydrogens (tertiary/aromatic N) is 2.